The number of para-hydroxylation sites is 2. The van der Waals surface area contributed by atoms with Gasteiger partial charge in [0.1, 0.15) is 5.75 Å². The van der Waals surface area contributed by atoms with Gasteiger partial charge in [-0.2, -0.15) is 0 Å². The number of benzene rings is 2. The lowest BCUT2D eigenvalue weighted by Crippen LogP contribution is -2.25. The van der Waals surface area contributed by atoms with Gasteiger partial charge >= 0.3 is 5.97 Å². The van der Waals surface area contributed by atoms with E-state index in [9.17, 15) is 9.59 Å². The van der Waals surface area contributed by atoms with Gasteiger partial charge in [-0.3, -0.25) is 4.79 Å². The number of esters is 1. The summed E-state index contributed by atoms with van der Waals surface area (Å²) in [6.07, 6.45) is 1.81. The zero-order chi connectivity index (χ0) is 17.8. The minimum absolute atomic E-state index is 0.0357. The van der Waals surface area contributed by atoms with Gasteiger partial charge in [0, 0.05) is 23.2 Å². The Labute approximate surface area is 146 Å². The van der Waals surface area contributed by atoms with Gasteiger partial charge in [-0.15, -0.1) is 0 Å². The molecule has 0 saturated carbocycles. The van der Waals surface area contributed by atoms with Crippen molar-refractivity contribution in [1.29, 1.82) is 0 Å². The molecule has 1 aliphatic rings. The van der Waals surface area contributed by atoms with E-state index >= 15 is 0 Å². The smallest absolute Gasteiger partial charge is 0.343 e. The molecule has 0 aliphatic carbocycles. The molecule has 1 amide bonds. The summed E-state index contributed by atoms with van der Waals surface area (Å²) >= 11 is 0. The number of carbonyl (C=O) groups excluding carboxylic acids is 2. The number of methoxy groups -OCH3 is 1. The van der Waals surface area contributed by atoms with E-state index in [-0.39, 0.29) is 12.5 Å². The highest BCUT2D eigenvalue weighted by Gasteiger charge is 2.30. The van der Waals surface area contributed by atoms with Gasteiger partial charge in [0.05, 0.1) is 12.8 Å². The van der Waals surface area contributed by atoms with Crippen molar-refractivity contribution >= 4 is 29.2 Å². The fourth-order valence-electron chi connectivity index (χ4n) is 2.84. The predicted molar refractivity (Wildman–Crippen MR) is 96.3 cm³/mol. The second kappa shape index (κ2) is 7.21. The summed E-state index contributed by atoms with van der Waals surface area (Å²) in [7, 11) is 1.31. The normalized spacial score (nSPS) is 14.6. The summed E-state index contributed by atoms with van der Waals surface area (Å²) in [5.41, 5.74) is 3.17. The number of amides is 1. The molecular formula is C20H19NO4. The van der Waals surface area contributed by atoms with Crippen molar-refractivity contribution in [1.82, 2.24) is 0 Å². The lowest BCUT2D eigenvalue weighted by molar-refractivity contribution is -0.142. The Morgan fingerprint density at radius 3 is 2.60 bits per heavy atom. The Morgan fingerprint density at radius 2 is 1.84 bits per heavy atom. The van der Waals surface area contributed by atoms with E-state index in [2.05, 4.69) is 4.74 Å². The van der Waals surface area contributed by atoms with Crippen molar-refractivity contribution < 1.29 is 19.1 Å². The van der Waals surface area contributed by atoms with E-state index in [0.717, 1.165) is 16.8 Å². The van der Waals surface area contributed by atoms with Gasteiger partial charge in [-0.1, -0.05) is 36.4 Å². The van der Waals surface area contributed by atoms with Gasteiger partial charge in [0.2, 0.25) is 0 Å². The summed E-state index contributed by atoms with van der Waals surface area (Å²) in [6, 6.07) is 15.0. The summed E-state index contributed by atoms with van der Waals surface area (Å²) in [5.74, 6) is 0.0361. The summed E-state index contributed by atoms with van der Waals surface area (Å²) in [6.45, 7) is 2.38. The number of likely N-dealkylation sites (N-methyl/N-ethyl adjacent to an activating group) is 1. The lowest BCUT2D eigenvalue weighted by atomic mass is 10.0. The SMILES string of the molecule is CCN1C(=O)/C(=C\c2ccccc2OCC(=O)OC)c2ccccc21. The number of ether oxygens (including phenoxy) is 2. The molecule has 0 N–H and O–H groups in total. The Morgan fingerprint density at radius 1 is 1.12 bits per heavy atom. The molecule has 2 aromatic rings. The number of anilines is 1. The lowest BCUT2D eigenvalue weighted by Gasteiger charge is -2.13. The summed E-state index contributed by atoms with van der Waals surface area (Å²) in [5, 5.41) is 0. The second-order valence-corrected chi connectivity index (χ2v) is 5.53. The van der Waals surface area contributed by atoms with Gasteiger partial charge in [0.25, 0.3) is 5.91 Å². The van der Waals surface area contributed by atoms with Crippen molar-refractivity contribution in [2.24, 2.45) is 0 Å². The van der Waals surface area contributed by atoms with E-state index in [0.29, 0.717) is 17.9 Å². The molecule has 0 unspecified atom stereocenters. The van der Waals surface area contributed by atoms with Crippen LogP contribution in [-0.4, -0.2) is 32.1 Å². The third-order valence-electron chi connectivity index (χ3n) is 4.07. The number of hydrogen-bond donors (Lipinski definition) is 0. The van der Waals surface area contributed by atoms with Gasteiger partial charge in [-0.05, 0) is 25.1 Å². The first-order valence-corrected chi connectivity index (χ1v) is 8.07. The topological polar surface area (TPSA) is 55.8 Å². The molecule has 3 rings (SSSR count). The van der Waals surface area contributed by atoms with E-state index in [1.54, 1.807) is 11.0 Å². The Bertz CT molecular complexity index is 841. The average molecular weight is 337 g/mol. The molecule has 128 valence electrons. The maximum absolute atomic E-state index is 12.8. The first-order chi connectivity index (χ1) is 12.2. The number of fused-ring (bicyclic) bond motifs is 1. The zero-order valence-electron chi connectivity index (χ0n) is 14.2. The van der Waals surface area contributed by atoms with Crippen LogP contribution in [0.3, 0.4) is 0 Å². The minimum Gasteiger partial charge on any atom is -0.481 e. The number of carbonyl (C=O) groups is 2. The van der Waals surface area contributed by atoms with E-state index in [1.807, 2.05) is 55.5 Å². The van der Waals surface area contributed by atoms with Crippen LogP contribution in [0.1, 0.15) is 18.1 Å². The minimum atomic E-state index is -0.457. The quantitative estimate of drug-likeness (QED) is 0.621. The Hall–Kier alpha value is -3.08. The average Bonchev–Trinajstić information content (AvgIpc) is 2.92. The van der Waals surface area contributed by atoms with Crippen LogP contribution < -0.4 is 9.64 Å². The molecule has 25 heavy (non-hydrogen) atoms. The largest absolute Gasteiger partial charge is 0.481 e. The zero-order valence-corrected chi connectivity index (χ0v) is 14.2. The molecule has 0 saturated heterocycles. The fraction of sp³-hybridized carbons (Fsp3) is 0.200. The monoisotopic (exact) mass is 337 g/mol. The van der Waals surface area contributed by atoms with Crippen molar-refractivity contribution in [3.63, 3.8) is 0 Å². The van der Waals surface area contributed by atoms with Gasteiger partial charge in [-0.25, -0.2) is 4.79 Å². The third kappa shape index (κ3) is 3.26. The molecule has 0 atom stereocenters. The summed E-state index contributed by atoms with van der Waals surface area (Å²) in [4.78, 5) is 25.8. The van der Waals surface area contributed by atoms with E-state index < -0.39 is 5.97 Å². The third-order valence-corrected chi connectivity index (χ3v) is 4.07. The predicted octanol–water partition coefficient (Wildman–Crippen LogP) is 3.15. The first kappa shape index (κ1) is 16.8. The number of hydrogen-bond acceptors (Lipinski definition) is 4. The molecule has 2 aromatic carbocycles. The maximum Gasteiger partial charge on any atom is 0.343 e. The Kier molecular flexibility index (Phi) is 4.84. The number of rotatable bonds is 5. The van der Waals surface area contributed by atoms with Crippen LogP contribution in [0, 0.1) is 0 Å². The summed E-state index contributed by atoms with van der Waals surface area (Å²) < 4.78 is 10.1. The number of nitrogens with zero attached hydrogens (tertiary/aromatic N) is 1. The Balaban J connectivity index is 1.99. The molecule has 1 heterocycles. The highest BCUT2D eigenvalue weighted by Crippen LogP contribution is 2.38. The highest BCUT2D eigenvalue weighted by atomic mass is 16.6. The molecule has 1 aliphatic heterocycles. The maximum atomic E-state index is 12.8. The van der Waals surface area contributed by atoms with Crippen LogP contribution in [0.15, 0.2) is 48.5 Å². The van der Waals surface area contributed by atoms with Gasteiger partial charge in [0.15, 0.2) is 6.61 Å². The van der Waals surface area contributed by atoms with Crippen LogP contribution in [0.2, 0.25) is 0 Å². The fourth-order valence-corrected chi connectivity index (χ4v) is 2.84. The molecule has 0 bridgehead atoms. The van der Waals surface area contributed by atoms with Crippen molar-refractivity contribution in [2.45, 2.75) is 6.92 Å². The standard InChI is InChI=1S/C20H19NO4/c1-3-21-17-10-6-5-9-15(17)16(20(21)23)12-14-8-4-7-11-18(14)25-13-19(22)24-2/h4-12H,3,13H2,1-2H3/b16-12-. The van der Waals surface area contributed by atoms with Crippen molar-refractivity contribution in [3.8, 4) is 5.75 Å². The van der Waals surface area contributed by atoms with Crippen LogP contribution in [0.5, 0.6) is 5.75 Å². The molecule has 5 nitrogen and oxygen atoms in total. The molecule has 0 fully saturated rings. The highest BCUT2D eigenvalue weighted by molar-refractivity contribution is 6.35. The molecule has 0 aromatic heterocycles. The van der Waals surface area contributed by atoms with Gasteiger partial charge < -0.3 is 14.4 Å². The molecule has 0 spiro atoms. The second-order valence-electron chi connectivity index (χ2n) is 5.53. The van der Waals surface area contributed by atoms with Crippen LogP contribution in [0.25, 0.3) is 11.6 Å². The van der Waals surface area contributed by atoms with Crippen LogP contribution >= 0.6 is 0 Å². The molecule has 0 radical (unpaired) electrons. The molecule has 5 heteroatoms. The van der Waals surface area contributed by atoms with Crippen molar-refractivity contribution in [2.75, 3.05) is 25.2 Å². The van der Waals surface area contributed by atoms with E-state index in [4.69, 9.17) is 4.74 Å². The van der Waals surface area contributed by atoms with Crippen LogP contribution in [-0.2, 0) is 14.3 Å². The first-order valence-electron chi connectivity index (χ1n) is 8.07. The molecular weight excluding hydrogens is 318 g/mol. The van der Waals surface area contributed by atoms with Crippen molar-refractivity contribution in [3.05, 3.63) is 59.7 Å². The van der Waals surface area contributed by atoms with Crippen LogP contribution in [0.4, 0.5) is 5.69 Å². The van der Waals surface area contributed by atoms with E-state index in [1.165, 1.54) is 7.11 Å².